The molecular weight excluding hydrogens is 393 g/mol. The molecule has 23 heavy (non-hydrogen) atoms. The first kappa shape index (κ1) is 18.6. The minimum atomic E-state index is -0.391. The molecule has 1 N–H and O–H groups in total. The standard InChI is InChI=1S/C15H15N2O4S.Y/c18-13-12(22-15(20)17-13)8-9-3-5-10(6-4-9)21-14(19)11-2-1-7-16-11;/h3-6,11-12H,1-2,7-8H2,(H,17,18,20);/q-1;/t11-,12?;/m0./s1. The minimum Gasteiger partial charge on any atom is -0.650 e. The number of imide groups is 1. The number of hydrogen-bond acceptors (Lipinski definition) is 5. The maximum absolute atomic E-state index is 11.8. The van der Waals surface area contributed by atoms with Gasteiger partial charge in [-0.25, -0.2) is 0 Å². The molecule has 0 spiro atoms. The molecule has 3 rings (SSSR count). The molecule has 2 fully saturated rings. The first-order valence-electron chi connectivity index (χ1n) is 7.10. The van der Waals surface area contributed by atoms with Crippen LogP contribution in [-0.2, 0) is 48.7 Å². The van der Waals surface area contributed by atoms with Crippen LogP contribution in [0.1, 0.15) is 18.4 Å². The van der Waals surface area contributed by atoms with E-state index in [2.05, 4.69) is 10.6 Å². The number of rotatable bonds is 4. The fraction of sp³-hybridized carbons (Fsp3) is 0.400. The Balaban J connectivity index is 0.00000192. The number of benzene rings is 1. The monoisotopic (exact) mass is 408 g/mol. The van der Waals surface area contributed by atoms with Crippen molar-refractivity contribution in [2.45, 2.75) is 30.6 Å². The molecule has 2 aliphatic rings. The topological polar surface area (TPSA) is 86.6 Å². The summed E-state index contributed by atoms with van der Waals surface area (Å²) < 4.78 is 5.29. The molecular formula is C15H15N2O4SY-. The third kappa shape index (κ3) is 4.86. The predicted octanol–water partition coefficient (Wildman–Crippen LogP) is 2.02. The minimum absolute atomic E-state index is 0. The van der Waals surface area contributed by atoms with Gasteiger partial charge < -0.3 is 10.1 Å². The Morgan fingerprint density at radius 1 is 1.30 bits per heavy atom. The third-order valence-electron chi connectivity index (χ3n) is 3.59. The molecule has 2 heterocycles. The zero-order valence-corrected chi connectivity index (χ0v) is 16.0. The second-order valence-corrected chi connectivity index (χ2v) is 6.39. The molecule has 1 unspecified atom stereocenters. The van der Waals surface area contributed by atoms with Crippen LogP contribution < -0.4 is 10.1 Å². The van der Waals surface area contributed by atoms with Gasteiger partial charge in [-0.3, -0.25) is 19.7 Å². The van der Waals surface area contributed by atoms with Gasteiger partial charge in [0.25, 0.3) is 11.2 Å². The first-order chi connectivity index (χ1) is 10.6. The van der Waals surface area contributed by atoms with E-state index in [4.69, 9.17) is 4.74 Å². The van der Waals surface area contributed by atoms with E-state index < -0.39 is 5.25 Å². The van der Waals surface area contributed by atoms with Crippen molar-refractivity contribution >= 4 is 28.9 Å². The predicted molar refractivity (Wildman–Crippen MR) is 81.9 cm³/mol. The van der Waals surface area contributed by atoms with Crippen LogP contribution in [0.3, 0.4) is 0 Å². The zero-order valence-electron chi connectivity index (χ0n) is 12.4. The summed E-state index contributed by atoms with van der Waals surface area (Å²) in [4.78, 5) is 34.5. The van der Waals surface area contributed by atoms with E-state index in [0.29, 0.717) is 12.2 Å². The van der Waals surface area contributed by atoms with Crippen molar-refractivity contribution in [3.8, 4) is 5.75 Å². The average Bonchev–Trinajstić information content (AvgIpc) is 3.12. The molecule has 8 heteroatoms. The second-order valence-electron chi connectivity index (χ2n) is 5.22. The summed E-state index contributed by atoms with van der Waals surface area (Å²) in [5.74, 6) is -0.106. The van der Waals surface area contributed by atoms with Crippen molar-refractivity contribution in [2.24, 2.45) is 0 Å². The maximum Gasteiger partial charge on any atom is 0.293 e. The summed E-state index contributed by atoms with van der Waals surface area (Å²) in [6.07, 6.45) is 2.14. The molecule has 2 saturated heterocycles. The Morgan fingerprint density at radius 3 is 2.61 bits per heavy atom. The largest absolute Gasteiger partial charge is 0.650 e. The number of thioether (sulfide) groups is 1. The summed E-state index contributed by atoms with van der Waals surface area (Å²) in [6, 6.07) is 6.64. The number of hydrogen-bond donors (Lipinski definition) is 1. The van der Waals surface area contributed by atoms with E-state index in [1.165, 1.54) is 0 Å². The Hall–Kier alpha value is -0.756. The SMILES string of the molecule is O=C1NC(=O)C(Cc2ccc(OC(=O)[C@@H]3CCC[N-]3)cc2)S1.[Y]. The van der Waals surface area contributed by atoms with Crippen molar-refractivity contribution < 1.29 is 51.8 Å². The van der Waals surface area contributed by atoms with Crippen molar-refractivity contribution in [2.75, 3.05) is 6.54 Å². The Kier molecular flexibility index (Phi) is 6.76. The first-order valence-corrected chi connectivity index (χ1v) is 7.98. The normalized spacial score (nSPS) is 23.3. The van der Waals surface area contributed by atoms with Crippen LogP contribution in [0.4, 0.5) is 4.79 Å². The fourth-order valence-corrected chi connectivity index (χ4v) is 3.29. The van der Waals surface area contributed by atoms with Gasteiger partial charge >= 0.3 is 0 Å². The molecule has 1 radical (unpaired) electrons. The van der Waals surface area contributed by atoms with Gasteiger partial charge in [0.2, 0.25) is 5.91 Å². The van der Waals surface area contributed by atoms with Gasteiger partial charge in [0, 0.05) is 32.7 Å². The van der Waals surface area contributed by atoms with E-state index in [-0.39, 0.29) is 55.9 Å². The van der Waals surface area contributed by atoms with Crippen LogP contribution in [0.2, 0.25) is 0 Å². The molecule has 2 aliphatic heterocycles. The number of carbonyl (C=O) groups is 3. The van der Waals surface area contributed by atoms with E-state index in [1.807, 2.05) is 0 Å². The molecule has 6 nitrogen and oxygen atoms in total. The quantitative estimate of drug-likeness (QED) is 0.609. The third-order valence-corrected chi connectivity index (χ3v) is 4.57. The van der Waals surface area contributed by atoms with Crippen molar-refractivity contribution in [3.05, 3.63) is 35.1 Å². The molecule has 0 saturated carbocycles. The van der Waals surface area contributed by atoms with E-state index in [1.54, 1.807) is 24.3 Å². The second kappa shape index (κ2) is 8.37. The van der Waals surface area contributed by atoms with Crippen LogP contribution >= 0.6 is 11.8 Å². The Bertz CT molecular complexity index is 602. The van der Waals surface area contributed by atoms with Crippen molar-refractivity contribution in [1.82, 2.24) is 5.32 Å². The zero-order chi connectivity index (χ0) is 15.5. The summed E-state index contributed by atoms with van der Waals surface area (Å²) in [6.45, 7) is 0.721. The Labute approximate surface area is 163 Å². The number of ether oxygens (including phenoxy) is 1. The van der Waals surface area contributed by atoms with Gasteiger partial charge in [-0.05, 0) is 30.2 Å². The number of amides is 2. The smallest absolute Gasteiger partial charge is 0.293 e. The summed E-state index contributed by atoms with van der Waals surface area (Å²) in [5, 5.41) is 5.75. The van der Waals surface area contributed by atoms with E-state index in [0.717, 1.165) is 36.7 Å². The summed E-state index contributed by atoms with van der Waals surface area (Å²) >= 11 is 1.00. The Morgan fingerprint density at radius 2 is 2.04 bits per heavy atom. The van der Waals surface area contributed by atoms with Crippen LogP contribution in [0.5, 0.6) is 5.75 Å². The molecule has 1 aromatic carbocycles. The van der Waals surface area contributed by atoms with Gasteiger partial charge in [0.1, 0.15) is 5.75 Å². The van der Waals surface area contributed by atoms with Crippen LogP contribution in [0.25, 0.3) is 5.32 Å². The van der Waals surface area contributed by atoms with E-state index >= 15 is 0 Å². The number of carbonyl (C=O) groups excluding carboxylic acids is 3. The number of esters is 1. The maximum atomic E-state index is 11.8. The molecule has 2 atom stereocenters. The fourth-order valence-electron chi connectivity index (χ4n) is 2.43. The van der Waals surface area contributed by atoms with Gasteiger partial charge in [0.05, 0.1) is 5.25 Å². The van der Waals surface area contributed by atoms with Crippen LogP contribution in [0, 0.1) is 0 Å². The van der Waals surface area contributed by atoms with E-state index in [9.17, 15) is 14.4 Å². The summed E-state index contributed by atoms with van der Waals surface area (Å²) in [7, 11) is 0. The van der Waals surface area contributed by atoms with Crippen molar-refractivity contribution in [1.29, 1.82) is 0 Å². The molecule has 2 amide bonds. The number of nitrogens with one attached hydrogen (secondary N) is 1. The van der Waals surface area contributed by atoms with Crippen LogP contribution in [-0.4, -0.2) is 35.0 Å². The van der Waals surface area contributed by atoms with Crippen LogP contribution in [0.15, 0.2) is 24.3 Å². The molecule has 0 bridgehead atoms. The van der Waals surface area contributed by atoms with Gasteiger partial charge in [-0.1, -0.05) is 36.7 Å². The average molecular weight is 408 g/mol. The molecule has 119 valence electrons. The van der Waals surface area contributed by atoms with Gasteiger partial charge in [-0.2, -0.15) is 0 Å². The molecule has 0 aromatic heterocycles. The van der Waals surface area contributed by atoms with Gasteiger partial charge in [0.15, 0.2) is 0 Å². The molecule has 0 aliphatic carbocycles. The summed E-state index contributed by atoms with van der Waals surface area (Å²) in [5.41, 5.74) is 0.910. The number of nitrogens with zero attached hydrogens (tertiary/aromatic N) is 1. The van der Waals surface area contributed by atoms with Crippen molar-refractivity contribution in [3.63, 3.8) is 0 Å². The van der Waals surface area contributed by atoms with Gasteiger partial charge in [-0.15, -0.1) is 6.54 Å². The molecule has 1 aromatic rings.